The monoisotopic (exact) mass is 472 g/mol. The second kappa shape index (κ2) is 12.3. The van der Waals surface area contributed by atoms with Gasteiger partial charge in [0.25, 0.3) is 0 Å². The van der Waals surface area contributed by atoms with Crippen molar-refractivity contribution in [1.29, 1.82) is 0 Å². The Morgan fingerprint density at radius 3 is 2.35 bits per heavy atom. The predicted molar refractivity (Wildman–Crippen MR) is 130 cm³/mol. The molecule has 3 rings (SSSR count). The highest BCUT2D eigenvalue weighted by Gasteiger charge is 2.35. The first-order valence-electron chi connectivity index (χ1n) is 11.7. The lowest BCUT2D eigenvalue weighted by Crippen LogP contribution is -2.12. The van der Waals surface area contributed by atoms with Crippen LogP contribution in [0.25, 0.3) is 0 Å². The van der Waals surface area contributed by atoms with Crippen molar-refractivity contribution in [2.24, 2.45) is 0 Å². The topological polar surface area (TPSA) is 59.1 Å². The molecule has 2 N–H and O–H groups in total. The van der Waals surface area contributed by atoms with E-state index in [0.29, 0.717) is 23.7 Å². The molecule has 0 aliphatic heterocycles. The summed E-state index contributed by atoms with van der Waals surface area (Å²) in [5, 5.41) is 5.78. The quantitative estimate of drug-likeness (QED) is 0.262. The number of rotatable bonds is 12. The zero-order valence-corrected chi connectivity index (χ0v) is 19.6. The van der Waals surface area contributed by atoms with Gasteiger partial charge in [-0.1, -0.05) is 51.3 Å². The molecule has 8 heteroatoms. The molecular formula is C26H31F3N4O. The molecule has 5 nitrogen and oxygen atoms in total. The van der Waals surface area contributed by atoms with Crippen molar-refractivity contribution >= 4 is 23.1 Å². The van der Waals surface area contributed by atoms with Crippen molar-refractivity contribution in [2.75, 3.05) is 17.2 Å². The molecule has 1 aromatic heterocycles. The van der Waals surface area contributed by atoms with Crippen molar-refractivity contribution in [3.63, 3.8) is 0 Å². The standard InChI is InChI=1S/C26H31F3N4O/c1-3-5-7-9-19-12-14-20(15-13-19)32-25-30-18-23(26(27,28)29)24(33-25)31-21-10-8-11-22(17-21)34-16-6-4-2/h8,10-15,17-18H,3-7,9,16H2,1-2H3,(H2,30,31,32,33). The Kier molecular flexibility index (Phi) is 9.13. The van der Waals surface area contributed by atoms with Crippen LogP contribution in [0, 0.1) is 0 Å². The van der Waals surface area contributed by atoms with Crippen molar-refractivity contribution < 1.29 is 17.9 Å². The minimum atomic E-state index is -4.60. The zero-order chi connectivity index (χ0) is 24.4. The van der Waals surface area contributed by atoms with Gasteiger partial charge in [-0.05, 0) is 49.1 Å². The molecule has 3 aromatic rings. The second-order valence-electron chi connectivity index (χ2n) is 8.09. The first-order chi connectivity index (χ1) is 16.4. The molecule has 1 heterocycles. The molecule has 0 saturated heterocycles. The normalized spacial score (nSPS) is 11.3. The molecule has 0 saturated carbocycles. The highest BCUT2D eigenvalue weighted by molar-refractivity contribution is 5.64. The second-order valence-corrected chi connectivity index (χ2v) is 8.09. The van der Waals surface area contributed by atoms with E-state index in [9.17, 15) is 13.2 Å². The van der Waals surface area contributed by atoms with Crippen LogP contribution in [0.2, 0.25) is 0 Å². The number of hydrogen-bond acceptors (Lipinski definition) is 5. The van der Waals surface area contributed by atoms with Crippen LogP contribution >= 0.6 is 0 Å². The Balaban J connectivity index is 1.77. The summed E-state index contributed by atoms with van der Waals surface area (Å²) >= 11 is 0. The molecule has 0 amide bonds. The average molecular weight is 473 g/mol. The number of halogens is 3. The van der Waals surface area contributed by atoms with Gasteiger partial charge < -0.3 is 15.4 Å². The van der Waals surface area contributed by atoms with Crippen molar-refractivity contribution in [1.82, 2.24) is 9.97 Å². The average Bonchev–Trinajstić information content (AvgIpc) is 2.80. The molecule has 0 atom stereocenters. The smallest absolute Gasteiger partial charge is 0.421 e. The van der Waals surface area contributed by atoms with Gasteiger partial charge >= 0.3 is 6.18 Å². The van der Waals surface area contributed by atoms with Crippen LogP contribution in [0.1, 0.15) is 57.1 Å². The number of nitrogens with zero attached hydrogens (tertiary/aromatic N) is 2. The molecule has 0 radical (unpaired) electrons. The van der Waals surface area contributed by atoms with Gasteiger partial charge in [0.15, 0.2) is 0 Å². The Morgan fingerprint density at radius 2 is 1.65 bits per heavy atom. The van der Waals surface area contributed by atoms with Crippen molar-refractivity contribution in [3.8, 4) is 5.75 Å². The number of hydrogen-bond donors (Lipinski definition) is 2. The maximum Gasteiger partial charge on any atom is 0.421 e. The van der Waals surface area contributed by atoms with Crippen LogP contribution in [0.4, 0.5) is 36.3 Å². The number of unbranched alkanes of at least 4 members (excludes halogenated alkanes) is 3. The van der Waals surface area contributed by atoms with E-state index in [1.807, 2.05) is 24.3 Å². The summed E-state index contributed by atoms with van der Waals surface area (Å²) in [7, 11) is 0. The summed E-state index contributed by atoms with van der Waals surface area (Å²) < 4.78 is 46.5. The van der Waals surface area contributed by atoms with Gasteiger partial charge in [-0.3, -0.25) is 0 Å². The van der Waals surface area contributed by atoms with Crippen LogP contribution in [-0.4, -0.2) is 16.6 Å². The van der Waals surface area contributed by atoms with Crippen LogP contribution in [0.15, 0.2) is 54.7 Å². The predicted octanol–water partition coefficient (Wildman–Crippen LogP) is 7.89. The number of alkyl halides is 3. The molecule has 0 fully saturated rings. The zero-order valence-electron chi connectivity index (χ0n) is 19.6. The molecule has 0 aliphatic rings. The highest BCUT2D eigenvalue weighted by Crippen LogP contribution is 2.35. The molecular weight excluding hydrogens is 441 g/mol. The molecule has 2 aromatic carbocycles. The van der Waals surface area contributed by atoms with E-state index >= 15 is 0 Å². The van der Waals surface area contributed by atoms with E-state index in [4.69, 9.17) is 4.74 Å². The van der Waals surface area contributed by atoms with Crippen molar-refractivity contribution in [3.05, 3.63) is 65.9 Å². The molecule has 0 spiro atoms. The lowest BCUT2D eigenvalue weighted by Gasteiger charge is -2.15. The summed E-state index contributed by atoms with van der Waals surface area (Å²) in [6.45, 7) is 4.77. The minimum absolute atomic E-state index is 0.0737. The maximum absolute atomic E-state index is 13.6. The lowest BCUT2D eigenvalue weighted by atomic mass is 10.1. The summed E-state index contributed by atoms with van der Waals surface area (Å²) in [6, 6.07) is 14.6. The minimum Gasteiger partial charge on any atom is -0.494 e. The fourth-order valence-electron chi connectivity index (χ4n) is 3.34. The van der Waals surface area contributed by atoms with Crippen LogP contribution < -0.4 is 15.4 Å². The van der Waals surface area contributed by atoms with Crippen LogP contribution in [-0.2, 0) is 12.6 Å². The Labute approximate surface area is 198 Å². The first-order valence-corrected chi connectivity index (χ1v) is 11.7. The van der Waals surface area contributed by atoms with E-state index in [2.05, 4.69) is 34.4 Å². The van der Waals surface area contributed by atoms with Gasteiger partial charge in [0.1, 0.15) is 17.1 Å². The summed E-state index contributed by atoms with van der Waals surface area (Å²) in [5.41, 5.74) is 1.43. The van der Waals surface area contributed by atoms with E-state index in [1.54, 1.807) is 24.3 Å². The van der Waals surface area contributed by atoms with Crippen LogP contribution in [0.5, 0.6) is 5.75 Å². The summed E-state index contributed by atoms with van der Waals surface area (Å²) in [4.78, 5) is 8.01. The van der Waals surface area contributed by atoms with Crippen LogP contribution in [0.3, 0.4) is 0 Å². The molecule has 0 aliphatic carbocycles. The third kappa shape index (κ3) is 7.64. The van der Waals surface area contributed by atoms with Gasteiger partial charge in [-0.25, -0.2) is 4.98 Å². The van der Waals surface area contributed by atoms with E-state index in [-0.39, 0.29) is 11.8 Å². The SMILES string of the molecule is CCCCCc1ccc(Nc2ncc(C(F)(F)F)c(Nc3cccc(OCCCC)c3)n2)cc1. The molecule has 182 valence electrons. The highest BCUT2D eigenvalue weighted by atomic mass is 19.4. The third-order valence-corrected chi connectivity index (χ3v) is 5.24. The number of ether oxygens (including phenoxy) is 1. The number of benzene rings is 2. The summed E-state index contributed by atoms with van der Waals surface area (Å²) in [5.74, 6) is 0.329. The molecule has 0 unspecified atom stereocenters. The number of aromatic nitrogens is 2. The Hall–Kier alpha value is -3.29. The molecule has 34 heavy (non-hydrogen) atoms. The van der Waals surface area contributed by atoms with Gasteiger partial charge in [-0.2, -0.15) is 18.2 Å². The largest absolute Gasteiger partial charge is 0.494 e. The van der Waals surface area contributed by atoms with Gasteiger partial charge in [-0.15, -0.1) is 0 Å². The Bertz CT molecular complexity index is 1040. The first kappa shape index (κ1) is 25.3. The van der Waals surface area contributed by atoms with Crippen molar-refractivity contribution in [2.45, 2.75) is 58.5 Å². The van der Waals surface area contributed by atoms with Gasteiger partial charge in [0, 0.05) is 23.6 Å². The fraction of sp³-hybridized carbons (Fsp3) is 0.385. The number of aryl methyl sites for hydroxylation is 1. The Morgan fingerprint density at radius 1 is 0.882 bits per heavy atom. The van der Waals surface area contributed by atoms with E-state index in [0.717, 1.165) is 38.3 Å². The summed E-state index contributed by atoms with van der Waals surface area (Å²) in [6.07, 6.45) is 2.56. The number of anilines is 4. The van der Waals surface area contributed by atoms with Gasteiger partial charge in [0.2, 0.25) is 5.95 Å². The maximum atomic E-state index is 13.6. The molecule has 0 bridgehead atoms. The number of nitrogens with one attached hydrogen (secondary N) is 2. The van der Waals surface area contributed by atoms with E-state index < -0.39 is 11.7 Å². The van der Waals surface area contributed by atoms with Gasteiger partial charge in [0.05, 0.1) is 6.61 Å². The third-order valence-electron chi connectivity index (χ3n) is 5.24. The van der Waals surface area contributed by atoms with E-state index in [1.165, 1.54) is 12.0 Å². The fourth-order valence-corrected chi connectivity index (χ4v) is 3.34. The lowest BCUT2D eigenvalue weighted by molar-refractivity contribution is -0.137.